The lowest BCUT2D eigenvalue weighted by Gasteiger charge is -2.28. The van der Waals surface area contributed by atoms with Crippen molar-refractivity contribution in [1.29, 1.82) is 0 Å². The molecule has 7 heteroatoms. The Kier molecular flexibility index (Phi) is 4.49. The first-order valence-corrected chi connectivity index (χ1v) is 6.70. The van der Waals surface area contributed by atoms with Crippen molar-refractivity contribution in [3.05, 3.63) is 59.1 Å². The number of esters is 1. The lowest BCUT2D eigenvalue weighted by Crippen LogP contribution is -2.50. The first kappa shape index (κ1) is 16.7. The van der Waals surface area contributed by atoms with E-state index < -0.39 is 29.0 Å². The van der Waals surface area contributed by atoms with Gasteiger partial charge in [0.1, 0.15) is 11.6 Å². The van der Waals surface area contributed by atoms with E-state index in [9.17, 15) is 18.4 Å². The first-order valence-electron chi connectivity index (χ1n) is 6.70. The van der Waals surface area contributed by atoms with Gasteiger partial charge in [0.05, 0.1) is 13.4 Å². The Bertz CT molecular complexity index is 756. The molecular formula is C16H15F2NO4. The molecule has 0 aliphatic heterocycles. The fourth-order valence-electron chi connectivity index (χ4n) is 2.20. The summed E-state index contributed by atoms with van der Waals surface area (Å²) in [7, 11) is 1.09. The van der Waals surface area contributed by atoms with Crippen LogP contribution in [0.5, 0.6) is 0 Å². The maximum Gasteiger partial charge on any atom is 0.336 e. The van der Waals surface area contributed by atoms with Crippen molar-refractivity contribution in [3.8, 4) is 0 Å². The van der Waals surface area contributed by atoms with Crippen LogP contribution in [0, 0.1) is 18.6 Å². The quantitative estimate of drug-likeness (QED) is 0.879. The Morgan fingerprint density at radius 1 is 1.26 bits per heavy atom. The van der Waals surface area contributed by atoms with Crippen LogP contribution in [0.1, 0.15) is 28.6 Å². The number of furan rings is 1. The van der Waals surface area contributed by atoms with Crippen molar-refractivity contribution in [1.82, 2.24) is 5.32 Å². The number of carbonyl (C=O) groups excluding carboxylic acids is 2. The van der Waals surface area contributed by atoms with Gasteiger partial charge in [-0.2, -0.15) is 0 Å². The van der Waals surface area contributed by atoms with E-state index in [-0.39, 0.29) is 11.3 Å². The number of benzene rings is 1. The number of ether oxygens (including phenoxy) is 1. The van der Waals surface area contributed by atoms with Crippen molar-refractivity contribution >= 4 is 11.9 Å². The van der Waals surface area contributed by atoms with E-state index in [1.807, 2.05) is 0 Å². The number of hydrogen-bond acceptors (Lipinski definition) is 4. The Balaban J connectivity index is 2.48. The van der Waals surface area contributed by atoms with Crippen LogP contribution in [-0.4, -0.2) is 19.0 Å². The number of aryl methyl sites for hydroxylation is 1. The highest BCUT2D eigenvalue weighted by Crippen LogP contribution is 2.27. The van der Waals surface area contributed by atoms with Crippen LogP contribution >= 0.6 is 0 Å². The third-order valence-electron chi connectivity index (χ3n) is 3.49. The van der Waals surface area contributed by atoms with Crippen LogP contribution in [0.3, 0.4) is 0 Å². The lowest BCUT2D eigenvalue weighted by atomic mass is 9.91. The van der Waals surface area contributed by atoms with E-state index in [2.05, 4.69) is 10.1 Å². The molecule has 1 aromatic carbocycles. The third-order valence-corrected chi connectivity index (χ3v) is 3.49. The van der Waals surface area contributed by atoms with Gasteiger partial charge in [-0.05, 0) is 38.1 Å². The van der Waals surface area contributed by atoms with E-state index in [1.165, 1.54) is 13.2 Å². The second-order valence-corrected chi connectivity index (χ2v) is 5.13. The molecule has 1 heterocycles. The Hall–Kier alpha value is -2.70. The van der Waals surface area contributed by atoms with E-state index >= 15 is 0 Å². The van der Waals surface area contributed by atoms with Gasteiger partial charge in [0.25, 0.3) is 5.91 Å². The van der Waals surface area contributed by atoms with E-state index in [0.717, 1.165) is 25.3 Å². The molecule has 0 unspecified atom stereocenters. The SMILES string of the molecule is COC(=O)[C@](C)(NC(=O)c1occc1C)c1cc(F)ccc1F. The van der Waals surface area contributed by atoms with Gasteiger partial charge in [-0.15, -0.1) is 0 Å². The number of hydrogen-bond donors (Lipinski definition) is 1. The summed E-state index contributed by atoms with van der Waals surface area (Å²) in [6.07, 6.45) is 1.31. The lowest BCUT2D eigenvalue weighted by molar-refractivity contribution is -0.148. The summed E-state index contributed by atoms with van der Waals surface area (Å²) in [5.74, 6) is -3.32. The normalized spacial score (nSPS) is 13.3. The second-order valence-electron chi connectivity index (χ2n) is 5.13. The van der Waals surface area contributed by atoms with E-state index in [0.29, 0.717) is 5.56 Å². The minimum Gasteiger partial charge on any atom is -0.467 e. The molecule has 0 radical (unpaired) electrons. The van der Waals surface area contributed by atoms with Gasteiger partial charge >= 0.3 is 5.97 Å². The predicted octanol–water partition coefficient (Wildman–Crippen LogP) is 2.68. The number of amides is 1. The van der Waals surface area contributed by atoms with Gasteiger partial charge in [-0.1, -0.05) is 0 Å². The van der Waals surface area contributed by atoms with Gasteiger partial charge < -0.3 is 14.5 Å². The predicted molar refractivity (Wildman–Crippen MR) is 76.6 cm³/mol. The highest BCUT2D eigenvalue weighted by Gasteiger charge is 2.41. The van der Waals surface area contributed by atoms with Gasteiger partial charge in [0.2, 0.25) is 0 Å². The zero-order chi connectivity index (χ0) is 17.2. The summed E-state index contributed by atoms with van der Waals surface area (Å²) >= 11 is 0. The number of rotatable bonds is 4. The topological polar surface area (TPSA) is 68.5 Å². The van der Waals surface area contributed by atoms with Crippen molar-refractivity contribution < 1.29 is 27.5 Å². The zero-order valence-electron chi connectivity index (χ0n) is 12.8. The van der Waals surface area contributed by atoms with Crippen LogP contribution in [-0.2, 0) is 15.1 Å². The van der Waals surface area contributed by atoms with E-state index in [1.54, 1.807) is 13.0 Å². The molecule has 1 N–H and O–H groups in total. The average molecular weight is 323 g/mol. The van der Waals surface area contributed by atoms with Crippen LogP contribution < -0.4 is 5.32 Å². The van der Waals surface area contributed by atoms with Crippen molar-refractivity contribution in [2.45, 2.75) is 19.4 Å². The fraction of sp³-hybridized carbons (Fsp3) is 0.250. The monoisotopic (exact) mass is 323 g/mol. The fourth-order valence-corrected chi connectivity index (χ4v) is 2.20. The maximum absolute atomic E-state index is 14.1. The summed E-state index contributed by atoms with van der Waals surface area (Å²) in [6.45, 7) is 2.86. The molecule has 0 fully saturated rings. The van der Waals surface area contributed by atoms with Gasteiger partial charge in [0, 0.05) is 11.1 Å². The molecule has 1 aromatic heterocycles. The standard InChI is InChI=1S/C16H15F2NO4/c1-9-6-7-23-13(9)14(20)19-16(2,15(21)22-3)11-8-10(17)4-5-12(11)18/h4-8H,1-3H3,(H,19,20)/t16-/m1/s1. The molecule has 0 saturated carbocycles. The highest BCUT2D eigenvalue weighted by molar-refractivity contribution is 5.97. The molecule has 1 atom stereocenters. The molecule has 1 amide bonds. The number of carbonyl (C=O) groups is 2. The van der Waals surface area contributed by atoms with Crippen LogP contribution in [0.2, 0.25) is 0 Å². The third kappa shape index (κ3) is 3.08. The van der Waals surface area contributed by atoms with E-state index in [4.69, 9.17) is 4.42 Å². The maximum atomic E-state index is 14.1. The summed E-state index contributed by atoms with van der Waals surface area (Å²) in [5.41, 5.74) is -1.73. The number of methoxy groups -OCH3 is 1. The Morgan fingerprint density at radius 3 is 2.52 bits per heavy atom. The van der Waals surface area contributed by atoms with Crippen molar-refractivity contribution in [2.24, 2.45) is 0 Å². The molecule has 0 aliphatic carbocycles. The first-order chi connectivity index (χ1) is 10.8. The zero-order valence-corrected chi connectivity index (χ0v) is 12.8. The molecule has 0 saturated heterocycles. The molecule has 5 nitrogen and oxygen atoms in total. The Morgan fingerprint density at radius 2 is 1.96 bits per heavy atom. The summed E-state index contributed by atoms with van der Waals surface area (Å²) in [5, 5.41) is 2.36. The molecular weight excluding hydrogens is 308 g/mol. The largest absolute Gasteiger partial charge is 0.467 e. The molecule has 0 spiro atoms. The molecule has 23 heavy (non-hydrogen) atoms. The highest BCUT2D eigenvalue weighted by atomic mass is 19.1. The number of nitrogens with one attached hydrogen (secondary N) is 1. The minimum atomic E-state index is -1.92. The number of halogens is 2. The minimum absolute atomic E-state index is 0.0306. The summed E-state index contributed by atoms with van der Waals surface area (Å²) < 4.78 is 37.2. The molecule has 2 aromatic rings. The van der Waals surface area contributed by atoms with Crippen LogP contribution in [0.15, 0.2) is 34.9 Å². The molecule has 122 valence electrons. The van der Waals surface area contributed by atoms with Gasteiger partial charge in [0.15, 0.2) is 11.3 Å². The van der Waals surface area contributed by atoms with Gasteiger partial charge in [-0.25, -0.2) is 13.6 Å². The van der Waals surface area contributed by atoms with Crippen LogP contribution in [0.25, 0.3) is 0 Å². The van der Waals surface area contributed by atoms with Gasteiger partial charge in [-0.3, -0.25) is 4.79 Å². The molecule has 0 bridgehead atoms. The smallest absolute Gasteiger partial charge is 0.336 e. The molecule has 2 rings (SSSR count). The van der Waals surface area contributed by atoms with Crippen LogP contribution in [0.4, 0.5) is 8.78 Å². The van der Waals surface area contributed by atoms with Crippen molar-refractivity contribution in [2.75, 3.05) is 7.11 Å². The molecule has 0 aliphatic rings. The van der Waals surface area contributed by atoms with Crippen molar-refractivity contribution in [3.63, 3.8) is 0 Å². The Labute approximate surface area is 131 Å². The summed E-state index contributed by atoms with van der Waals surface area (Å²) in [6, 6.07) is 4.18. The second kappa shape index (κ2) is 6.20. The average Bonchev–Trinajstić information content (AvgIpc) is 2.94. The summed E-state index contributed by atoms with van der Waals surface area (Å²) in [4.78, 5) is 24.4.